The number of quaternary nitrogens is 1. The van der Waals surface area contributed by atoms with E-state index in [2.05, 4.69) is 5.32 Å². The number of benzene rings is 2. The van der Waals surface area contributed by atoms with Crippen LogP contribution in [0, 0.1) is 5.92 Å². The molecule has 1 aliphatic carbocycles. The van der Waals surface area contributed by atoms with Crippen LogP contribution in [-0.4, -0.2) is 67.1 Å². The van der Waals surface area contributed by atoms with Crippen molar-refractivity contribution in [3.05, 3.63) is 71.8 Å². The third-order valence-electron chi connectivity index (χ3n) is 7.70. The van der Waals surface area contributed by atoms with E-state index >= 15 is 0 Å². The summed E-state index contributed by atoms with van der Waals surface area (Å²) in [6, 6.07) is 18.7. The van der Waals surface area contributed by atoms with E-state index in [0.29, 0.717) is 26.1 Å². The van der Waals surface area contributed by atoms with Crippen LogP contribution in [0.5, 0.6) is 0 Å². The number of rotatable bonds is 16. The molecule has 231 valence electrons. The van der Waals surface area contributed by atoms with Crippen LogP contribution in [0.25, 0.3) is 0 Å². The van der Waals surface area contributed by atoms with Crippen molar-refractivity contribution in [1.29, 1.82) is 0 Å². The first kappa shape index (κ1) is 34.1. The van der Waals surface area contributed by atoms with Crippen molar-refractivity contribution in [3.8, 4) is 0 Å². The second kappa shape index (κ2) is 17.0. The van der Waals surface area contributed by atoms with Crippen LogP contribution in [0.3, 0.4) is 0 Å². The first-order valence-electron chi connectivity index (χ1n) is 14.6. The summed E-state index contributed by atoms with van der Waals surface area (Å²) in [7, 11) is -2.45. The molecule has 0 aliphatic heterocycles. The van der Waals surface area contributed by atoms with E-state index in [1.54, 1.807) is 0 Å². The fraction of sp³-hybridized carbons (Fsp3) is 0.548. The lowest BCUT2D eigenvalue weighted by Crippen LogP contribution is -2.63. The van der Waals surface area contributed by atoms with Gasteiger partial charge in [-0.1, -0.05) is 60.7 Å². The van der Waals surface area contributed by atoms with Gasteiger partial charge in [-0.05, 0) is 31.9 Å². The van der Waals surface area contributed by atoms with E-state index in [9.17, 15) is 14.5 Å². The van der Waals surface area contributed by atoms with E-state index in [1.165, 1.54) is 13.8 Å². The SMILES string of the molecule is CC[N+](CC)(CC)OP([O-])OC[C@H]1C[C@H](OC(C)=[O+])[C@@H](NC(C)=O)[C@@H](OCc2ccccc2)[C@@H]1OCc1ccccc1. The molecule has 1 N–H and O–H groups in total. The van der Waals surface area contributed by atoms with Gasteiger partial charge in [0, 0.05) is 24.1 Å². The second-order valence-electron chi connectivity index (χ2n) is 10.5. The highest BCUT2D eigenvalue weighted by Crippen LogP contribution is 2.38. The third-order valence-corrected chi connectivity index (χ3v) is 8.54. The molecule has 11 heteroatoms. The molecule has 1 unspecified atom stereocenters. The molecule has 2 aromatic rings. The van der Waals surface area contributed by atoms with Gasteiger partial charge in [0.1, 0.15) is 31.8 Å². The number of esters is 1. The predicted molar refractivity (Wildman–Crippen MR) is 157 cm³/mol. The van der Waals surface area contributed by atoms with Crippen LogP contribution in [0.2, 0.25) is 0 Å². The minimum atomic E-state index is -2.45. The Labute approximate surface area is 250 Å². The highest BCUT2D eigenvalue weighted by Gasteiger charge is 2.51. The minimum absolute atomic E-state index is 0.0154. The maximum atomic E-state index is 13.0. The number of nitrogens with one attached hydrogen (secondary N) is 1. The lowest BCUT2D eigenvalue weighted by molar-refractivity contribution is -1.08. The van der Waals surface area contributed by atoms with Crippen LogP contribution in [0.4, 0.5) is 0 Å². The van der Waals surface area contributed by atoms with Crippen molar-refractivity contribution in [1.82, 2.24) is 5.32 Å². The molecule has 0 spiro atoms. The number of hydrogen-bond acceptors (Lipinski definition) is 8. The molecule has 1 saturated carbocycles. The maximum absolute atomic E-state index is 13.0. The van der Waals surface area contributed by atoms with Gasteiger partial charge in [0.05, 0.1) is 32.8 Å². The molecule has 0 aromatic heterocycles. The summed E-state index contributed by atoms with van der Waals surface area (Å²) in [5.41, 5.74) is 1.90. The van der Waals surface area contributed by atoms with E-state index in [1.807, 2.05) is 81.4 Å². The van der Waals surface area contributed by atoms with Gasteiger partial charge >= 0.3 is 5.97 Å². The summed E-state index contributed by atoms with van der Waals surface area (Å²) in [5, 5.41) is 2.94. The lowest BCUT2D eigenvalue weighted by atomic mass is 9.79. The number of hydrogen-bond donors (Lipinski definition) is 1. The van der Waals surface area contributed by atoms with Gasteiger partial charge in [0.15, 0.2) is 8.60 Å². The van der Waals surface area contributed by atoms with Crippen LogP contribution in [0.15, 0.2) is 60.7 Å². The van der Waals surface area contributed by atoms with E-state index in [-0.39, 0.29) is 30.4 Å². The number of hydroxylamine groups is 3. The second-order valence-corrected chi connectivity index (χ2v) is 11.4. The fourth-order valence-electron chi connectivity index (χ4n) is 5.30. The largest absolute Gasteiger partial charge is 0.781 e. The van der Waals surface area contributed by atoms with Gasteiger partial charge in [0.25, 0.3) is 0 Å². The average molecular weight is 605 g/mol. The molecule has 1 fully saturated rings. The van der Waals surface area contributed by atoms with Crippen molar-refractivity contribution in [2.75, 3.05) is 26.2 Å². The molecule has 6 atom stereocenters. The minimum Gasteiger partial charge on any atom is -0.781 e. The van der Waals surface area contributed by atoms with E-state index < -0.39 is 44.8 Å². The number of amides is 1. The molecule has 0 saturated heterocycles. The Hall–Kier alpha value is -2.43. The van der Waals surface area contributed by atoms with Crippen molar-refractivity contribution in [2.45, 2.75) is 78.6 Å². The highest BCUT2D eigenvalue weighted by molar-refractivity contribution is 7.38. The standard InChI is InChI=1S/C31H45N2O8P/c1-6-33(7-2,8-3)41-42(36)39-22-27-19-28(40-24(5)35)29(32-23(4)34)31(38-21-26-17-13-10-14-18-26)30(27)37-20-25-15-11-9-12-16-25/h9-18,27-31H,6-8,19-22H2,1-5H3,(H,32,34)/q+1/t27-,28+,29-,30-,31-,42?/m1/s1. The summed E-state index contributed by atoms with van der Waals surface area (Å²) in [6.45, 7) is 11.1. The van der Waals surface area contributed by atoms with Crippen molar-refractivity contribution in [3.63, 3.8) is 0 Å². The molecule has 1 amide bonds. The summed E-state index contributed by atoms with van der Waals surface area (Å²) in [5.74, 6) is -1.16. The number of carbonyl (C=O) groups is 2. The zero-order chi connectivity index (χ0) is 30.5. The molecule has 2 aromatic carbocycles. The lowest BCUT2D eigenvalue weighted by Gasteiger charge is -2.44. The fourth-order valence-corrected chi connectivity index (χ4v) is 6.29. The number of ether oxygens (including phenoxy) is 3. The van der Waals surface area contributed by atoms with Gasteiger partial charge < -0.3 is 28.9 Å². The number of carbonyl (C=O) groups excluding carboxylic acids is 2. The molecular formula is C31H45N2O8P+. The molecule has 1 radical (unpaired) electrons. The first-order valence-corrected chi connectivity index (χ1v) is 15.7. The Morgan fingerprint density at radius 3 is 1.93 bits per heavy atom. The smallest absolute Gasteiger partial charge is 0.571 e. The summed E-state index contributed by atoms with van der Waals surface area (Å²) >= 11 is 0. The Morgan fingerprint density at radius 1 is 0.929 bits per heavy atom. The number of nitrogens with zero attached hydrogens (tertiary/aromatic N) is 1. The van der Waals surface area contributed by atoms with E-state index in [4.69, 9.17) is 23.4 Å². The molecule has 42 heavy (non-hydrogen) atoms. The molecular weight excluding hydrogens is 559 g/mol. The Balaban J connectivity index is 1.91. The third kappa shape index (κ3) is 10.1. The van der Waals surface area contributed by atoms with Crippen LogP contribution in [-0.2, 0) is 46.2 Å². The topological polar surface area (TPSA) is 118 Å². The molecule has 3 rings (SSSR count). The Kier molecular flexibility index (Phi) is 13.8. The average Bonchev–Trinajstić information content (AvgIpc) is 2.99. The van der Waals surface area contributed by atoms with Gasteiger partial charge in [-0.15, -0.1) is 0 Å². The molecule has 10 nitrogen and oxygen atoms in total. The van der Waals surface area contributed by atoms with Crippen LogP contribution in [0.1, 0.15) is 52.2 Å². The summed E-state index contributed by atoms with van der Waals surface area (Å²) in [4.78, 5) is 37.5. The zero-order valence-electron chi connectivity index (χ0n) is 25.3. The summed E-state index contributed by atoms with van der Waals surface area (Å²) in [6.07, 6.45) is -1.72. The highest BCUT2D eigenvalue weighted by atomic mass is 31.2. The van der Waals surface area contributed by atoms with Crippen molar-refractivity contribution >= 4 is 20.5 Å². The monoisotopic (exact) mass is 604 g/mol. The van der Waals surface area contributed by atoms with Crippen LogP contribution >= 0.6 is 8.60 Å². The maximum Gasteiger partial charge on any atom is 0.571 e. The Bertz CT molecular complexity index is 1080. The van der Waals surface area contributed by atoms with E-state index in [0.717, 1.165) is 11.1 Å². The van der Waals surface area contributed by atoms with Gasteiger partial charge in [-0.3, -0.25) is 4.79 Å². The molecule has 0 heterocycles. The first-order chi connectivity index (χ1) is 20.2. The predicted octanol–water partition coefficient (Wildman–Crippen LogP) is 4.03. The zero-order valence-corrected chi connectivity index (χ0v) is 26.2. The Morgan fingerprint density at radius 2 is 1.45 bits per heavy atom. The summed E-state index contributed by atoms with van der Waals surface area (Å²) < 4.78 is 30.6. The van der Waals surface area contributed by atoms with Crippen molar-refractivity contribution < 1.29 is 42.5 Å². The van der Waals surface area contributed by atoms with Gasteiger partial charge in [-0.2, -0.15) is 9.27 Å². The van der Waals surface area contributed by atoms with Crippen LogP contribution < -0.4 is 10.2 Å². The molecule has 0 bridgehead atoms. The van der Waals surface area contributed by atoms with Gasteiger partial charge in [-0.25, -0.2) is 0 Å². The van der Waals surface area contributed by atoms with Gasteiger partial charge in [0.2, 0.25) is 12.0 Å². The molecule has 1 aliphatic rings. The normalized spacial score (nSPS) is 23.2. The van der Waals surface area contributed by atoms with Crippen molar-refractivity contribution in [2.24, 2.45) is 5.92 Å². The quantitative estimate of drug-likeness (QED) is 0.100.